The molecule has 2 rings (SSSR count). The van der Waals surface area contributed by atoms with Gasteiger partial charge < -0.3 is 15.0 Å². The average Bonchev–Trinajstić information content (AvgIpc) is 2.80. The van der Waals surface area contributed by atoms with Crippen LogP contribution in [0.5, 0.6) is 5.75 Å². The molecule has 0 spiro atoms. The van der Waals surface area contributed by atoms with Crippen molar-refractivity contribution < 1.29 is 22.7 Å². The molecule has 2 aromatic rings. The lowest BCUT2D eigenvalue weighted by molar-refractivity contribution is -0.142. The van der Waals surface area contributed by atoms with Gasteiger partial charge in [-0.3, -0.25) is 13.9 Å². The number of amides is 2. The minimum atomic E-state index is -3.58. The summed E-state index contributed by atoms with van der Waals surface area (Å²) in [6, 6.07) is 15.7. The molecule has 0 heterocycles. The molecule has 0 aromatic heterocycles. The van der Waals surface area contributed by atoms with Gasteiger partial charge in [-0.15, -0.1) is 0 Å². The fourth-order valence-electron chi connectivity index (χ4n) is 3.92. The topological polar surface area (TPSA) is 96.0 Å². The predicted octanol–water partition coefficient (Wildman–Crippen LogP) is 3.96. The zero-order valence-electron chi connectivity index (χ0n) is 22.2. The van der Waals surface area contributed by atoms with Crippen LogP contribution >= 0.6 is 0 Å². The lowest BCUT2D eigenvalue weighted by atomic mass is 10.0. The Morgan fingerprint density at radius 1 is 1.06 bits per heavy atom. The molecule has 0 saturated carbocycles. The summed E-state index contributed by atoms with van der Waals surface area (Å²) in [6.07, 6.45) is 1.99. The van der Waals surface area contributed by atoms with Crippen LogP contribution in [0.15, 0.2) is 54.6 Å². The second-order valence-electron chi connectivity index (χ2n) is 9.81. The minimum Gasteiger partial charge on any atom is -0.497 e. The highest BCUT2D eigenvalue weighted by atomic mass is 32.2. The van der Waals surface area contributed by atoms with Gasteiger partial charge in [0.1, 0.15) is 11.8 Å². The summed E-state index contributed by atoms with van der Waals surface area (Å²) < 4.78 is 31.5. The predicted molar refractivity (Wildman–Crippen MR) is 143 cm³/mol. The number of sulfonamides is 1. The number of hydrogen-bond acceptors (Lipinski definition) is 5. The first kappa shape index (κ1) is 29.2. The van der Waals surface area contributed by atoms with E-state index in [4.69, 9.17) is 4.74 Å². The van der Waals surface area contributed by atoms with Gasteiger partial charge in [0.2, 0.25) is 21.8 Å². The van der Waals surface area contributed by atoms with Crippen LogP contribution in [0, 0.1) is 0 Å². The lowest BCUT2D eigenvalue weighted by Crippen LogP contribution is -2.53. The molecule has 0 fully saturated rings. The Hall–Kier alpha value is -3.07. The Morgan fingerprint density at radius 3 is 2.28 bits per heavy atom. The smallest absolute Gasteiger partial charge is 0.243 e. The van der Waals surface area contributed by atoms with E-state index in [0.717, 1.165) is 11.8 Å². The molecule has 0 radical (unpaired) electrons. The number of benzene rings is 2. The fourth-order valence-corrected chi connectivity index (χ4v) is 4.88. The van der Waals surface area contributed by atoms with Crippen molar-refractivity contribution in [2.24, 2.45) is 0 Å². The molecule has 9 heteroatoms. The molecule has 0 aliphatic rings. The Bertz CT molecular complexity index is 1110. The molecule has 0 aliphatic heterocycles. The molecule has 0 aliphatic carbocycles. The Kier molecular flexibility index (Phi) is 10.3. The first-order valence-electron chi connectivity index (χ1n) is 12.1. The van der Waals surface area contributed by atoms with Crippen LogP contribution in [-0.4, -0.2) is 56.6 Å². The molecule has 2 aromatic carbocycles. The Balaban J connectivity index is 2.22. The van der Waals surface area contributed by atoms with Gasteiger partial charge >= 0.3 is 0 Å². The largest absolute Gasteiger partial charge is 0.497 e. The van der Waals surface area contributed by atoms with E-state index in [1.807, 2.05) is 58.0 Å². The third-order valence-corrected chi connectivity index (χ3v) is 6.77. The van der Waals surface area contributed by atoms with E-state index in [-0.39, 0.29) is 24.8 Å². The van der Waals surface area contributed by atoms with E-state index >= 15 is 0 Å². The molecule has 8 nitrogen and oxygen atoms in total. The molecule has 1 atom stereocenters. The van der Waals surface area contributed by atoms with Crippen molar-refractivity contribution in [3.63, 3.8) is 0 Å². The maximum Gasteiger partial charge on any atom is 0.243 e. The van der Waals surface area contributed by atoms with E-state index in [1.54, 1.807) is 29.2 Å². The van der Waals surface area contributed by atoms with Crippen LogP contribution in [0.4, 0.5) is 5.69 Å². The van der Waals surface area contributed by atoms with Gasteiger partial charge in [0, 0.05) is 31.1 Å². The van der Waals surface area contributed by atoms with Crippen molar-refractivity contribution in [3.05, 3.63) is 60.2 Å². The van der Waals surface area contributed by atoms with Crippen LogP contribution in [0.2, 0.25) is 0 Å². The summed E-state index contributed by atoms with van der Waals surface area (Å²) in [6.45, 7) is 8.01. The number of ether oxygens (including phenoxy) is 1. The summed E-state index contributed by atoms with van der Waals surface area (Å²) in [5.41, 5.74) is 0.960. The molecular formula is C27H39N3O5S. The van der Waals surface area contributed by atoms with Crippen LogP contribution in [0.25, 0.3) is 0 Å². The molecule has 36 heavy (non-hydrogen) atoms. The molecule has 0 unspecified atom stereocenters. The van der Waals surface area contributed by atoms with Gasteiger partial charge in [-0.05, 0) is 51.3 Å². The van der Waals surface area contributed by atoms with Crippen molar-refractivity contribution in [2.45, 2.75) is 65.1 Å². The van der Waals surface area contributed by atoms with E-state index < -0.39 is 21.6 Å². The maximum atomic E-state index is 13.4. The molecular weight excluding hydrogens is 478 g/mol. The third kappa shape index (κ3) is 8.86. The number of nitrogens with one attached hydrogen (secondary N) is 1. The molecule has 1 N–H and O–H groups in total. The van der Waals surface area contributed by atoms with Crippen molar-refractivity contribution in [1.82, 2.24) is 10.2 Å². The zero-order chi connectivity index (χ0) is 26.9. The number of carbonyl (C=O) groups is 2. The van der Waals surface area contributed by atoms with E-state index in [2.05, 4.69) is 5.32 Å². The molecule has 0 saturated heterocycles. The number of nitrogens with zero attached hydrogens (tertiary/aromatic N) is 2. The fraction of sp³-hybridized carbons (Fsp3) is 0.481. The van der Waals surface area contributed by atoms with Crippen LogP contribution in [0.3, 0.4) is 0 Å². The highest BCUT2D eigenvalue weighted by Gasteiger charge is 2.30. The standard InChI is InChI=1S/C27H39N3O5S/c1-7-24(26(32)28-27(2,3)4)29(20-21-13-9-8-10-14-21)25(31)17-12-18-30(36(6,33)34)22-15-11-16-23(19-22)35-5/h8-11,13-16,19,24H,7,12,17-18,20H2,1-6H3,(H,28,32)/t24-/m0/s1. The van der Waals surface area contributed by atoms with Crippen molar-refractivity contribution >= 4 is 27.5 Å². The highest BCUT2D eigenvalue weighted by molar-refractivity contribution is 7.92. The monoisotopic (exact) mass is 517 g/mol. The maximum absolute atomic E-state index is 13.4. The van der Waals surface area contributed by atoms with Gasteiger partial charge in [0.25, 0.3) is 0 Å². The van der Waals surface area contributed by atoms with Crippen molar-refractivity contribution in [3.8, 4) is 5.75 Å². The third-order valence-electron chi connectivity index (χ3n) is 5.57. The van der Waals surface area contributed by atoms with E-state index in [9.17, 15) is 18.0 Å². The van der Waals surface area contributed by atoms with Crippen LogP contribution in [0.1, 0.15) is 52.5 Å². The quantitative estimate of drug-likeness (QED) is 0.460. The number of anilines is 1. The van der Waals surface area contributed by atoms with Gasteiger partial charge in [0.15, 0.2) is 0 Å². The SMILES string of the molecule is CC[C@@H](C(=O)NC(C)(C)C)N(Cc1ccccc1)C(=O)CCCN(c1cccc(OC)c1)S(C)(=O)=O. The Morgan fingerprint density at radius 2 is 1.72 bits per heavy atom. The Labute approximate surface area is 215 Å². The van der Waals surface area contributed by atoms with Gasteiger partial charge in [0.05, 0.1) is 19.1 Å². The summed E-state index contributed by atoms with van der Waals surface area (Å²) in [4.78, 5) is 28.1. The summed E-state index contributed by atoms with van der Waals surface area (Å²) in [5, 5.41) is 2.99. The first-order valence-corrected chi connectivity index (χ1v) is 14.0. The molecule has 2 amide bonds. The normalized spacial score (nSPS) is 12.5. The van der Waals surface area contributed by atoms with Crippen LogP contribution in [-0.2, 0) is 26.2 Å². The average molecular weight is 518 g/mol. The second-order valence-corrected chi connectivity index (χ2v) is 11.7. The van der Waals surface area contributed by atoms with Gasteiger partial charge in [-0.1, -0.05) is 43.3 Å². The summed E-state index contributed by atoms with van der Waals surface area (Å²) >= 11 is 0. The minimum absolute atomic E-state index is 0.0993. The lowest BCUT2D eigenvalue weighted by Gasteiger charge is -2.33. The van der Waals surface area contributed by atoms with E-state index in [1.165, 1.54) is 11.4 Å². The van der Waals surface area contributed by atoms with Gasteiger partial charge in [-0.2, -0.15) is 0 Å². The number of hydrogen-bond donors (Lipinski definition) is 1. The summed E-state index contributed by atoms with van der Waals surface area (Å²) in [7, 11) is -2.06. The molecule has 198 valence electrons. The zero-order valence-corrected chi connectivity index (χ0v) is 23.0. The highest BCUT2D eigenvalue weighted by Crippen LogP contribution is 2.24. The van der Waals surface area contributed by atoms with E-state index in [0.29, 0.717) is 30.8 Å². The first-order chi connectivity index (χ1) is 16.9. The number of carbonyl (C=O) groups excluding carboxylic acids is 2. The molecule has 0 bridgehead atoms. The second kappa shape index (κ2) is 12.8. The van der Waals surface area contributed by atoms with Gasteiger partial charge in [-0.25, -0.2) is 8.42 Å². The number of methoxy groups -OCH3 is 1. The number of rotatable bonds is 12. The summed E-state index contributed by atoms with van der Waals surface area (Å²) in [5.74, 6) is 0.138. The van der Waals surface area contributed by atoms with Crippen molar-refractivity contribution in [2.75, 3.05) is 24.2 Å². The van der Waals surface area contributed by atoms with Crippen molar-refractivity contribution in [1.29, 1.82) is 0 Å². The van der Waals surface area contributed by atoms with Crippen LogP contribution < -0.4 is 14.4 Å².